The van der Waals surface area contributed by atoms with Crippen molar-refractivity contribution in [2.75, 3.05) is 0 Å². The van der Waals surface area contributed by atoms with Crippen LogP contribution in [0.1, 0.15) is 35.5 Å². The van der Waals surface area contributed by atoms with E-state index in [4.69, 9.17) is 4.74 Å². The molecule has 1 aromatic carbocycles. The summed E-state index contributed by atoms with van der Waals surface area (Å²) < 4.78 is 44.8. The molecule has 0 saturated carbocycles. The second-order valence-corrected chi connectivity index (χ2v) is 5.14. The number of H-pyrrole nitrogens is 1. The highest BCUT2D eigenvalue weighted by Gasteiger charge is 2.34. The fourth-order valence-corrected chi connectivity index (χ4v) is 1.97. The monoisotopic (exact) mass is 327 g/mol. The van der Waals surface area contributed by atoms with Crippen LogP contribution in [0.2, 0.25) is 0 Å². The molecule has 0 radical (unpaired) electrons. The van der Waals surface area contributed by atoms with Crippen molar-refractivity contribution in [3.8, 4) is 5.75 Å². The first kappa shape index (κ1) is 16.9. The average molecular weight is 327 g/mol. The molecule has 2 aromatic rings. The Morgan fingerprint density at radius 2 is 2.09 bits per heavy atom. The molecule has 2 rings (SSSR count). The Hall–Kier alpha value is -2.51. The van der Waals surface area contributed by atoms with Crippen LogP contribution in [0.5, 0.6) is 5.75 Å². The number of nitrogens with one attached hydrogen (secondary N) is 2. The van der Waals surface area contributed by atoms with Crippen LogP contribution in [0, 0.1) is 0 Å². The molecule has 1 aromatic heterocycles. The zero-order valence-corrected chi connectivity index (χ0v) is 12.6. The van der Waals surface area contributed by atoms with Crippen LogP contribution >= 0.6 is 0 Å². The Labute approximate surface area is 130 Å². The number of hydrogen-bond acceptors (Lipinski definition) is 3. The molecule has 124 valence electrons. The van der Waals surface area contributed by atoms with Gasteiger partial charge >= 0.3 is 6.18 Å². The lowest BCUT2D eigenvalue weighted by atomic mass is 10.1. The fourth-order valence-electron chi connectivity index (χ4n) is 1.97. The van der Waals surface area contributed by atoms with E-state index in [1.165, 1.54) is 24.4 Å². The van der Waals surface area contributed by atoms with Gasteiger partial charge in [-0.15, -0.1) is 0 Å². The number of aromatic amines is 1. The Morgan fingerprint density at radius 1 is 1.35 bits per heavy atom. The molecule has 8 heteroatoms. The van der Waals surface area contributed by atoms with E-state index in [1.807, 2.05) is 0 Å². The van der Waals surface area contributed by atoms with E-state index in [2.05, 4.69) is 15.5 Å². The number of ether oxygens (including phenoxy) is 1. The summed E-state index contributed by atoms with van der Waals surface area (Å²) in [5, 5.41) is 8.48. The molecule has 0 fully saturated rings. The SMILES string of the molecule is CC(C)Oc1ccc(CNC(=O)c2ccn[nH]2)c(C(F)(F)F)c1. The third-order valence-electron chi connectivity index (χ3n) is 2.94. The van der Waals surface area contributed by atoms with Gasteiger partial charge in [0.05, 0.1) is 11.7 Å². The number of carbonyl (C=O) groups is 1. The molecule has 0 unspecified atom stereocenters. The third-order valence-corrected chi connectivity index (χ3v) is 2.94. The van der Waals surface area contributed by atoms with Gasteiger partial charge in [0.2, 0.25) is 0 Å². The smallest absolute Gasteiger partial charge is 0.416 e. The zero-order chi connectivity index (χ0) is 17.0. The van der Waals surface area contributed by atoms with E-state index in [1.54, 1.807) is 13.8 Å². The van der Waals surface area contributed by atoms with Crippen molar-refractivity contribution in [2.45, 2.75) is 32.7 Å². The fraction of sp³-hybridized carbons (Fsp3) is 0.333. The van der Waals surface area contributed by atoms with Gasteiger partial charge in [0, 0.05) is 12.7 Å². The second kappa shape index (κ2) is 6.72. The van der Waals surface area contributed by atoms with E-state index in [0.29, 0.717) is 0 Å². The Bertz CT molecular complexity index is 667. The Morgan fingerprint density at radius 3 is 2.65 bits per heavy atom. The molecular weight excluding hydrogens is 311 g/mol. The lowest BCUT2D eigenvalue weighted by Crippen LogP contribution is -2.25. The average Bonchev–Trinajstić information content (AvgIpc) is 2.98. The molecule has 1 amide bonds. The molecule has 23 heavy (non-hydrogen) atoms. The van der Waals surface area contributed by atoms with Crippen molar-refractivity contribution in [3.05, 3.63) is 47.3 Å². The van der Waals surface area contributed by atoms with Gasteiger partial charge in [0.15, 0.2) is 0 Å². The highest BCUT2D eigenvalue weighted by Crippen LogP contribution is 2.34. The Balaban J connectivity index is 2.18. The van der Waals surface area contributed by atoms with Gasteiger partial charge in [-0.1, -0.05) is 6.07 Å². The number of benzene rings is 1. The van der Waals surface area contributed by atoms with E-state index in [-0.39, 0.29) is 29.7 Å². The molecule has 0 aliphatic rings. The maximum absolute atomic E-state index is 13.2. The minimum Gasteiger partial charge on any atom is -0.491 e. The highest BCUT2D eigenvalue weighted by atomic mass is 19.4. The highest BCUT2D eigenvalue weighted by molar-refractivity contribution is 5.92. The van der Waals surface area contributed by atoms with Crippen LogP contribution in [0.15, 0.2) is 30.5 Å². The van der Waals surface area contributed by atoms with Gasteiger partial charge < -0.3 is 10.1 Å². The lowest BCUT2D eigenvalue weighted by molar-refractivity contribution is -0.138. The number of carbonyl (C=O) groups excluding carboxylic acids is 1. The van der Waals surface area contributed by atoms with E-state index in [0.717, 1.165) is 6.07 Å². The zero-order valence-electron chi connectivity index (χ0n) is 12.6. The van der Waals surface area contributed by atoms with E-state index < -0.39 is 17.6 Å². The molecule has 5 nitrogen and oxygen atoms in total. The quantitative estimate of drug-likeness (QED) is 0.886. The molecule has 1 heterocycles. The first-order valence-corrected chi connectivity index (χ1v) is 6.91. The molecule has 0 aliphatic carbocycles. The van der Waals surface area contributed by atoms with E-state index in [9.17, 15) is 18.0 Å². The van der Waals surface area contributed by atoms with Crippen molar-refractivity contribution in [2.24, 2.45) is 0 Å². The second-order valence-electron chi connectivity index (χ2n) is 5.14. The molecular formula is C15H16F3N3O2. The predicted molar refractivity (Wildman–Crippen MR) is 77.0 cm³/mol. The number of halogens is 3. The number of alkyl halides is 3. The summed E-state index contributed by atoms with van der Waals surface area (Å²) >= 11 is 0. The van der Waals surface area contributed by atoms with Crippen LogP contribution in [0.25, 0.3) is 0 Å². The topological polar surface area (TPSA) is 67.0 Å². The number of rotatable bonds is 5. The molecule has 0 atom stereocenters. The predicted octanol–water partition coefficient (Wildman–Crippen LogP) is 3.15. The van der Waals surface area contributed by atoms with Crippen LogP contribution in [0.4, 0.5) is 13.2 Å². The summed E-state index contributed by atoms with van der Waals surface area (Å²) in [6.45, 7) is 3.20. The van der Waals surface area contributed by atoms with Crippen molar-refractivity contribution in [1.82, 2.24) is 15.5 Å². The summed E-state index contributed by atoms with van der Waals surface area (Å²) in [5.74, 6) is -0.394. The summed E-state index contributed by atoms with van der Waals surface area (Å²) in [5.41, 5.74) is -0.694. The maximum Gasteiger partial charge on any atom is 0.416 e. The number of hydrogen-bond donors (Lipinski definition) is 2. The number of nitrogens with zero attached hydrogens (tertiary/aromatic N) is 1. The van der Waals surface area contributed by atoms with Gasteiger partial charge in [-0.05, 0) is 37.6 Å². The van der Waals surface area contributed by atoms with Crippen molar-refractivity contribution < 1.29 is 22.7 Å². The van der Waals surface area contributed by atoms with Gasteiger partial charge in [-0.2, -0.15) is 18.3 Å². The minimum absolute atomic E-state index is 0.0403. The van der Waals surface area contributed by atoms with Gasteiger partial charge in [-0.25, -0.2) is 0 Å². The summed E-state index contributed by atoms with van der Waals surface area (Å²) in [6.07, 6.45) is -3.39. The minimum atomic E-state index is -4.54. The van der Waals surface area contributed by atoms with Crippen LogP contribution < -0.4 is 10.1 Å². The largest absolute Gasteiger partial charge is 0.491 e. The summed E-state index contributed by atoms with van der Waals surface area (Å²) in [7, 11) is 0. The molecule has 0 aliphatic heterocycles. The van der Waals surface area contributed by atoms with Crippen LogP contribution in [-0.2, 0) is 12.7 Å². The third kappa shape index (κ3) is 4.48. The lowest BCUT2D eigenvalue weighted by Gasteiger charge is -2.16. The number of aromatic nitrogens is 2. The maximum atomic E-state index is 13.2. The first-order valence-electron chi connectivity index (χ1n) is 6.91. The molecule has 0 saturated heterocycles. The number of amides is 1. The summed E-state index contributed by atoms with van der Waals surface area (Å²) in [4.78, 5) is 11.8. The first-order chi connectivity index (χ1) is 10.8. The summed E-state index contributed by atoms with van der Waals surface area (Å²) in [6, 6.07) is 5.12. The van der Waals surface area contributed by atoms with Crippen molar-refractivity contribution in [3.63, 3.8) is 0 Å². The van der Waals surface area contributed by atoms with Crippen LogP contribution in [0.3, 0.4) is 0 Å². The molecule has 2 N–H and O–H groups in total. The molecule has 0 spiro atoms. The van der Waals surface area contributed by atoms with Gasteiger partial charge in [-0.3, -0.25) is 9.89 Å². The molecule has 0 bridgehead atoms. The van der Waals surface area contributed by atoms with Gasteiger partial charge in [0.1, 0.15) is 11.4 Å². The van der Waals surface area contributed by atoms with E-state index >= 15 is 0 Å². The van der Waals surface area contributed by atoms with Crippen LogP contribution in [-0.4, -0.2) is 22.2 Å². The van der Waals surface area contributed by atoms with Gasteiger partial charge in [0.25, 0.3) is 5.91 Å². The van der Waals surface area contributed by atoms with Crippen molar-refractivity contribution in [1.29, 1.82) is 0 Å². The normalized spacial score (nSPS) is 11.6. The Kier molecular flexibility index (Phi) is 4.92. The van der Waals surface area contributed by atoms with Crippen molar-refractivity contribution >= 4 is 5.91 Å². The standard InChI is InChI=1S/C15H16F3N3O2/c1-9(2)23-11-4-3-10(12(7-11)15(16,17)18)8-19-14(22)13-5-6-20-21-13/h3-7,9H,8H2,1-2H3,(H,19,22)(H,20,21).